The first-order chi connectivity index (χ1) is 13.2. The molecule has 4 aromatic rings. The molecule has 0 fully saturated rings. The lowest BCUT2D eigenvalue weighted by Gasteiger charge is -2.09. The van der Waals surface area contributed by atoms with E-state index >= 15 is 0 Å². The number of aromatic nitrogens is 1. The molecule has 2 aromatic carbocycles. The highest BCUT2D eigenvalue weighted by atomic mass is 16.3. The van der Waals surface area contributed by atoms with Crippen LogP contribution in [0.15, 0.2) is 47.3 Å². The summed E-state index contributed by atoms with van der Waals surface area (Å²) in [5.41, 5.74) is 2.26. The molecule has 0 amide bonds. The molecule has 0 bridgehead atoms. The molecule has 2 heterocycles. The summed E-state index contributed by atoms with van der Waals surface area (Å²) in [6.45, 7) is 2.23. The Morgan fingerprint density at radius 3 is 2.30 bits per heavy atom. The molecule has 3 heteroatoms. The molecule has 2 aromatic heterocycles. The zero-order valence-corrected chi connectivity index (χ0v) is 16.0. The van der Waals surface area contributed by atoms with Crippen LogP contribution in [0.2, 0.25) is 0 Å². The van der Waals surface area contributed by atoms with E-state index in [0.29, 0.717) is 12.0 Å². The van der Waals surface area contributed by atoms with E-state index in [0.717, 1.165) is 40.0 Å². The van der Waals surface area contributed by atoms with Crippen LogP contribution in [0, 0.1) is 0 Å². The number of para-hydroxylation sites is 2. The van der Waals surface area contributed by atoms with Gasteiger partial charge in [-0.3, -0.25) is 9.20 Å². The lowest BCUT2D eigenvalue weighted by atomic mass is 10.0. The smallest absolute Gasteiger partial charge is 0.262 e. The molecule has 3 nitrogen and oxygen atoms in total. The van der Waals surface area contributed by atoms with Crippen LogP contribution in [0.3, 0.4) is 0 Å². The monoisotopic (exact) mass is 361 g/mol. The van der Waals surface area contributed by atoms with Gasteiger partial charge in [0, 0.05) is 16.2 Å². The van der Waals surface area contributed by atoms with Gasteiger partial charge in [-0.05, 0) is 25.0 Å². The molecule has 0 aliphatic rings. The van der Waals surface area contributed by atoms with Crippen molar-refractivity contribution >= 4 is 27.2 Å². The Hall–Kier alpha value is -2.55. The second-order valence-electron chi connectivity index (χ2n) is 7.56. The van der Waals surface area contributed by atoms with Crippen LogP contribution < -0.4 is 5.56 Å². The largest absolute Gasteiger partial charge is 0.507 e. The predicted molar refractivity (Wildman–Crippen MR) is 113 cm³/mol. The van der Waals surface area contributed by atoms with Crippen LogP contribution in [-0.2, 0) is 6.42 Å². The minimum absolute atomic E-state index is 0.0663. The number of nitrogens with zero attached hydrogens (tertiary/aromatic N) is 1. The summed E-state index contributed by atoms with van der Waals surface area (Å²) in [6, 6.07) is 13.9. The number of rotatable bonds is 8. The van der Waals surface area contributed by atoms with Gasteiger partial charge in [0.25, 0.3) is 5.56 Å². The van der Waals surface area contributed by atoms with Gasteiger partial charge >= 0.3 is 0 Å². The topological polar surface area (TPSA) is 41.7 Å². The van der Waals surface area contributed by atoms with Crippen molar-refractivity contribution in [2.45, 2.75) is 58.3 Å². The molecule has 0 saturated heterocycles. The van der Waals surface area contributed by atoms with Gasteiger partial charge in [-0.2, -0.15) is 0 Å². The molecular weight excluding hydrogens is 334 g/mol. The first-order valence-corrected chi connectivity index (χ1v) is 10.2. The van der Waals surface area contributed by atoms with E-state index in [9.17, 15) is 9.90 Å². The Bertz CT molecular complexity index is 1130. The standard InChI is InChI=1S/C24H27NO2/c1-2-3-4-5-6-7-8-13-20-23(26)19-15-11-14-18-17-12-9-10-16-21(17)25(22(18)19)24(20)27/h9-12,14-16,26H,2-8,13H2,1H3. The molecule has 0 atom stereocenters. The van der Waals surface area contributed by atoms with Gasteiger partial charge in [0.05, 0.1) is 16.6 Å². The third kappa shape index (κ3) is 3.05. The van der Waals surface area contributed by atoms with E-state index in [1.54, 1.807) is 4.40 Å². The average molecular weight is 361 g/mol. The number of aromatic hydroxyl groups is 1. The average Bonchev–Trinajstić information content (AvgIpc) is 3.03. The van der Waals surface area contributed by atoms with Crippen molar-refractivity contribution in [1.29, 1.82) is 0 Å². The van der Waals surface area contributed by atoms with Crippen molar-refractivity contribution < 1.29 is 5.11 Å². The lowest BCUT2D eigenvalue weighted by Crippen LogP contribution is -2.18. The number of hydrogen-bond acceptors (Lipinski definition) is 2. The normalized spacial score (nSPS) is 11.9. The fourth-order valence-electron chi connectivity index (χ4n) is 4.30. The van der Waals surface area contributed by atoms with Gasteiger partial charge < -0.3 is 5.11 Å². The molecule has 0 spiro atoms. The first kappa shape index (κ1) is 17.8. The summed E-state index contributed by atoms with van der Waals surface area (Å²) >= 11 is 0. The van der Waals surface area contributed by atoms with E-state index in [4.69, 9.17) is 0 Å². The Kier molecular flexibility index (Phi) is 5.02. The summed E-state index contributed by atoms with van der Waals surface area (Å²) < 4.78 is 1.80. The van der Waals surface area contributed by atoms with Gasteiger partial charge in [0.15, 0.2) is 0 Å². The molecule has 140 valence electrons. The maximum atomic E-state index is 13.2. The van der Waals surface area contributed by atoms with Crippen LogP contribution in [0.5, 0.6) is 5.75 Å². The van der Waals surface area contributed by atoms with Crippen LogP contribution in [-0.4, -0.2) is 9.51 Å². The third-order valence-electron chi connectivity index (χ3n) is 5.73. The number of pyridine rings is 1. The Balaban J connectivity index is 1.70. The van der Waals surface area contributed by atoms with Crippen molar-refractivity contribution in [3.8, 4) is 5.75 Å². The molecule has 0 saturated carbocycles. The Morgan fingerprint density at radius 2 is 1.48 bits per heavy atom. The number of benzene rings is 2. The van der Waals surface area contributed by atoms with Crippen molar-refractivity contribution in [3.63, 3.8) is 0 Å². The van der Waals surface area contributed by atoms with Crippen LogP contribution >= 0.6 is 0 Å². The molecule has 1 N–H and O–H groups in total. The summed E-state index contributed by atoms with van der Waals surface area (Å²) in [7, 11) is 0. The molecule has 0 aliphatic carbocycles. The Morgan fingerprint density at radius 1 is 0.815 bits per heavy atom. The summed E-state index contributed by atoms with van der Waals surface area (Å²) in [6.07, 6.45) is 9.02. The number of fused-ring (bicyclic) bond motifs is 3. The molecule has 4 rings (SSSR count). The highest BCUT2D eigenvalue weighted by Gasteiger charge is 2.19. The molecule has 0 aliphatic heterocycles. The van der Waals surface area contributed by atoms with Crippen molar-refractivity contribution in [2.75, 3.05) is 0 Å². The fraction of sp³-hybridized carbons (Fsp3) is 0.375. The van der Waals surface area contributed by atoms with Crippen molar-refractivity contribution in [3.05, 3.63) is 58.4 Å². The van der Waals surface area contributed by atoms with Gasteiger partial charge in [0.1, 0.15) is 5.75 Å². The highest BCUT2D eigenvalue weighted by molar-refractivity contribution is 6.15. The van der Waals surface area contributed by atoms with E-state index in [2.05, 4.69) is 6.92 Å². The maximum Gasteiger partial charge on any atom is 0.262 e. The quantitative estimate of drug-likeness (QED) is 0.389. The second kappa shape index (κ2) is 7.59. The van der Waals surface area contributed by atoms with Crippen LogP contribution in [0.1, 0.15) is 57.4 Å². The summed E-state index contributed by atoms with van der Waals surface area (Å²) in [4.78, 5) is 13.2. The maximum absolute atomic E-state index is 13.2. The summed E-state index contributed by atoms with van der Waals surface area (Å²) in [5, 5.41) is 13.7. The SMILES string of the molecule is CCCCCCCCCc1c(O)c2cccc3c4ccccc4n(c1=O)c23. The van der Waals surface area contributed by atoms with E-state index in [1.165, 1.54) is 32.1 Å². The van der Waals surface area contributed by atoms with Gasteiger partial charge in [-0.15, -0.1) is 0 Å². The second-order valence-corrected chi connectivity index (χ2v) is 7.56. The van der Waals surface area contributed by atoms with Gasteiger partial charge in [-0.1, -0.05) is 75.8 Å². The molecule has 27 heavy (non-hydrogen) atoms. The van der Waals surface area contributed by atoms with Crippen LogP contribution in [0.25, 0.3) is 27.2 Å². The third-order valence-corrected chi connectivity index (χ3v) is 5.73. The molecule has 0 unspecified atom stereocenters. The van der Waals surface area contributed by atoms with E-state index in [1.807, 2.05) is 42.5 Å². The minimum Gasteiger partial charge on any atom is -0.507 e. The number of hydrogen-bond donors (Lipinski definition) is 1. The lowest BCUT2D eigenvalue weighted by molar-refractivity contribution is 0.470. The molecular formula is C24H27NO2. The van der Waals surface area contributed by atoms with Gasteiger partial charge in [-0.25, -0.2) is 0 Å². The minimum atomic E-state index is -0.0663. The van der Waals surface area contributed by atoms with Crippen molar-refractivity contribution in [2.24, 2.45) is 0 Å². The Labute approximate surface area is 159 Å². The summed E-state index contributed by atoms with van der Waals surface area (Å²) in [5.74, 6) is 0.173. The van der Waals surface area contributed by atoms with Crippen molar-refractivity contribution in [1.82, 2.24) is 4.40 Å². The fourth-order valence-corrected chi connectivity index (χ4v) is 4.30. The number of unbranched alkanes of at least 4 members (excludes halogenated alkanes) is 6. The van der Waals surface area contributed by atoms with E-state index in [-0.39, 0.29) is 11.3 Å². The van der Waals surface area contributed by atoms with Gasteiger partial charge in [0.2, 0.25) is 0 Å². The zero-order valence-electron chi connectivity index (χ0n) is 16.0. The molecule has 0 radical (unpaired) electrons. The van der Waals surface area contributed by atoms with Crippen LogP contribution in [0.4, 0.5) is 0 Å². The highest BCUT2D eigenvalue weighted by Crippen LogP contribution is 2.35. The first-order valence-electron chi connectivity index (χ1n) is 10.2. The van der Waals surface area contributed by atoms with E-state index < -0.39 is 0 Å². The predicted octanol–water partition coefficient (Wildman–Crippen LogP) is 6.04. The zero-order chi connectivity index (χ0) is 18.8.